The summed E-state index contributed by atoms with van der Waals surface area (Å²) in [5, 5.41) is 8.07. The zero-order valence-corrected chi connectivity index (χ0v) is 17.7. The van der Waals surface area contributed by atoms with E-state index in [2.05, 4.69) is 10.4 Å². The Morgan fingerprint density at radius 3 is 2.58 bits per heavy atom. The first kappa shape index (κ1) is 23.4. The number of nitrogens with zero attached hydrogens (tertiary/aromatic N) is 2. The highest BCUT2D eigenvalue weighted by atomic mass is 35.5. The standard InChI is InChI=1S/C19H19Cl2F3N4O3/c20-15-2-1-13(7-16(15)21)31-12-3-5-28(6-4-12)10-11(29)8-25-18(30)14-9-26-27-17(14)19(22,23)24/h1-2,7,9,12H,3-6,8,10H2,(H,25,30)(H,26,27). The third-order valence-corrected chi connectivity index (χ3v) is 5.48. The van der Waals surface area contributed by atoms with E-state index in [0.717, 1.165) is 6.20 Å². The van der Waals surface area contributed by atoms with Crippen molar-refractivity contribution in [3.8, 4) is 5.75 Å². The number of ketones is 1. The number of likely N-dealkylation sites (tertiary alicyclic amines) is 1. The van der Waals surface area contributed by atoms with Crippen molar-refractivity contribution < 1.29 is 27.5 Å². The largest absolute Gasteiger partial charge is 0.490 e. The fraction of sp³-hybridized carbons (Fsp3) is 0.421. The van der Waals surface area contributed by atoms with E-state index in [-0.39, 0.29) is 25.0 Å². The van der Waals surface area contributed by atoms with E-state index < -0.39 is 23.3 Å². The molecule has 1 aromatic carbocycles. The van der Waals surface area contributed by atoms with Crippen LogP contribution in [0.4, 0.5) is 13.2 Å². The second-order valence-electron chi connectivity index (χ2n) is 7.05. The highest BCUT2D eigenvalue weighted by Crippen LogP contribution is 2.30. The maximum Gasteiger partial charge on any atom is 0.433 e. The molecule has 1 aliphatic heterocycles. The molecule has 31 heavy (non-hydrogen) atoms. The summed E-state index contributed by atoms with van der Waals surface area (Å²) in [4.78, 5) is 26.0. The summed E-state index contributed by atoms with van der Waals surface area (Å²) in [6, 6.07) is 5.03. The Morgan fingerprint density at radius 2 is 1.94 bits per heavy atom. The Morgan fingerprint density at radius 1 is 1.23 bits per heavy atom. The molecule has 0 unspecified atom stereocenters. The Kier molecular flexibility index (Phi) is 7.45. The van der Waals surface area contributed by atoms with Gasteiger partial charge in [0.15, 0.2) is 11.5 Å². The minimum atomic E-state index is -4.74. The van der Waals surface area contributed by atoms with Crippen molar-refractivity contribution in [2.75, 3.05) is 26.2 Å². The van der Waals surface area contributed by atoms with Gasteiger partial charge in [-0.15, -0.1) is 0 Å². The van der Waals surface area contributed by atoms with Gasteiger partial charge in [-0.1, -0.05) is 23.2 Å². The van der Waals surface area contributed by atoms with E-state index >= 15 is 0 Å². The SMILES string of the molecule is O=C(CNC(=O)c1cn[nH]c1C(F)(F)F)CN1CCC(Oc2ccc(Cl)c(Cl)c2)CC1. The predicted octanol–water partition coefficient (Wildman–Crippen LogP) is 3.58. The number of nitrogens with one attached hydrogen (secondary N) is 2. The molecule has 0 spiro atoms. The molecule has 0 bridgehead atoms. The summed E-state index contributed by atoms with van der Waals surface area (Å²) in [5.74, 6) is -0.707. The van der Waals surface area contributed by atoms with Crippen LogP contribution in [0.25, 0.3) is 0 Å². The van der Waals surface area contributed by atoms with Gasteiger partial charge in [0.05, 0.1) is 34.9 Å². The number of carbonyl (C=O) groups excluding carboxylic acids is 2. The van der Waals surface area contributed by atoms with Crippen molar-refractivity contribution in [3.63, 3.8) is 0 Å². The van der Waals surface area contributed by atoms with Crippen LogP contribution in [0.1, 0.15) is 28.9 Å². The van der Waals surface area contributed by atoms with Crippen molar-refractivity contribution in [3.05, 3.63) is 45.7 Å². The maximum atomic E-state index is 12.8. The van der Waals surface area contributed by atoms with Gasteiger partial charge in [0.25, 0.3) is 5.91 Å². The van der Waals surface area contributed by atoms with Gasteiger partial charge >= 0.3 is 6.18 Å². The normalized spacial score (nSPS) is 15.6. The van der Waals surface area contributed by atoms with Gasteiger partial charge in [0, 0.05) is 19.2 Å². The lowest BCUT2D eigenvalue weighted by Crippen LogP contribution is -2.43. The van der Waals surface area contributed by atoms with Gasteiger partial charge in [-0.3, -0.25) is 19.6 Å². The first-order valence-corrected chi connectivity index (χ1v) is 10.1. The van der Waals surface area contributed by atoms with Crippen LogP contribution in [0.3, 0.4) is 0 Å². The summed E-state index contributed by atoms with van der Waals surface area (Å²) >= 11 is 11.9. The number of halogens is 5. The van der Waals surface area contributed by atoms with Gasteiger partial charge in [-0.25, -0.2) is 0 Å². The zero-order chi connectivity index (χ0) is 22.6. The Balaban J connectivity index is 1.41. The van der Waals surface area contributed by atoms with E-state index in [1.807, 2.05) is 4.90 Å². The third kappa shape index (κ3) is 6.34. The molecule has 0 saturated carbocycles. The average molecular weight is 479 g/mol. The number of Topliss-reactive ketones (excluding diaryl/α,β-unsaturated/α-hetero) is 1. The highest BCUT2D eigenvalue weighted by Gasteiger charge is 2.37. The van der Waals surface area contributed by atoms with Crippen molar-refractivity contribution >= 4 is 34.9 Å². The van der Waals surface area contributed by atoms with E-state index in [4.69, 9.17) is 27.9 Å². The van der Waals surface area contributed by atoms with Crippen molar-refractivity contribution in [2.45, 2.75) is 25.1 Å². The number of aromatic amines is 1. The van der Waals surface area contributed by atoms with Crippen LogP contribution in [0, 0.1) is 0 Å². The minimum Gasteiger partial charge on any atom is -0.490 e. The Bertz CT molecular complexity index is 944. The summed E-state index contributed by atoms with van der Waals surface area (Å²) in [6.07, 6.45) is -2.63. The first-order valence-electron chi connectivity index (χ1n) is 9.38. The smallest absolute Gasteiger partial charge is 0.433 e. The van der Waals surface area contributed by atoms with Crippen LogP contribution in [0.15, 0.2) is 24.4 Å². The molecule has 1 aromatic heterocycles. The van der Waals surface area contributed by atoms with Crippen LogP contribution < -0.4 is 10.1 Å². The van der Waals surface area contributed by atoms with Gasteiger partial charge < -0.3 is 10.1 Å². The molecule has 2 aromatic rings. The van der Waals surface area contributed by atoms with Crippen molar-refractivity contribution in [1.29, 1.82) is 0 Å². The molecule has 1 fully saturated rings. The lowest BCUT2D eigenvalue weighted by Gasteiger charge is -2.31. The number of amides is 1. The van der Waals surface area contributed by atoms with Gasteiger partial charge in [0.1, 0.15) is 11.9 Å². The van der Waals surface area contributed by atoms with Crippen LogP contribution >= 0.6 is 23.2 Å². The number of ether oxygens (including phenoxy) is 1. The number of H-pyrrole nitrogens is 1. The summed E-state index contributed by atoms with van der Waals surface area (Å²) in [6.45, 7) is 0.912. The number of aromatic nitrogens is 2. The molecule has 2 heterocycles. The molecular weight excluding hydrogens is 460 g/mol. The van der Waals surface area contributed by atoms with Crippen LogP contribution in [0.2, 0.25) is 10.0 Å². The summed E-state index contributed by atoms with van der Waals surface area (Å²) in [5.41, 5.74) is -1.90. The summed E-state index contributed by atoms with van der Waals surface area (Å²) in [7, 11) is 0. The molecule has 168 valence electrons. The van der Waals surface area contributed by atoms with E-state index in [9.17, 15) is 22.8 Å². The second-order valence-corrected chi connectivity index (χ2v) is 7.86. The molecule has 1 amide bonds. The van der Waals surface area contributed by atoms with E-state index in [1.54, 1.807) is 23.3 Å². The zero-order valence-electron chi connectivity index (χ0n) is 16.1. The average Bonchev–Trinajstić information content (AvgIpc) is 3.21. The van der Waals surface area contributed by atoms with Gasteiger partial charge in [0.2, 0.25) is 0 Å². The summed E-state index contributed by atoms with van der Waals surface area (Å²) < 4.78 is 44.3. The van der Waals surface area contributed by atoms with Crippen molar-refractivity contribution in [2.24, 2.45) is 0 Å². The molecule has 7 nitrogen and oxygen atoms in total. The fourth-order valence-electron chi connectivity index (χ4n) is 3.18. The van der Waals surface area contributed by atoms with Gasteiger partial charge in [-0.2, -0.15) is 18.3 Å². The van der Waals surface area contributed by atoms with E-state index in [1.165, 1.54) is 0 Å². The predicted molar refractivity (Wildman–Crippen MR) is 107 cm³/mol. The topological polar surface area (TPSA) is 87.3 Å². The highest BCUT2D eigenvalue weighted by molar-refractivity contribution is 6.42. The maximum absolute atomic E-state index is 12.8. The molecule has 2 N–H and O–H groups in total. The third-order valence-electron chi connectivity index (χ3n) is 4.74. The fourth-order valence-corrected chi connectivity index (χ4v) is 3.47. The first-order chi connectivity index (χ1) is 14.6. The molecule has 0 atom stereocenters. The Hall–Kier alpha value is -2.30. The lowest BCUT2D eigenvalue weighted by molar-refractivity contribution is -0.141. The second kappa shape index (κ2) is 9.88. The number of alkyl halides is 3. The molecule has 3 rings (SSSR count). The number of rotatable bonds is 7. The molecule has 12 heteroatoms. The number of hydrogen-bond acceptors (Lipinski definition) is 5. The number of carbonyl (C=O) groups is 2. The van der Waals surface area contributed by atoms with Crippen LogP contribution in [0.5, 0.6) is 5.75 Å². The monoisotopic (exact) mass is 478 g/mol. The van der Waals surface area contributed by atoms with Crippen molar-refractivity contribution in [1.82, 2.24) is 20.4 Å². The molecule has 1 aliphatic rings. The van der Waals surface area contributed by atoms with Crippen LogP contribution in [-0.4, -0.2) is 59.1 Å². The molecule has 0 radical (unpaired) electrons. The number of benzene rings is 1. The number of piperidine rings is 1. The molecular formula is C19H19Cl2F3N4O3. The van der Waals surface area contributed by atoms with Gasteiger partial charge in [-0.05, 0) is 25.0 Å². The Labute approximate surface area is 185 Å². The molecule has 1 saturated heterocycles. The van der Waals surface area contributed by atoms with Crippen LogP contribution in [-0.2, 0) is 11.0 Å². The van der Waals surface area contributed by atoms with E-state index in [0.29, 0.717) is 41.7 Å². The quantitative estimate of drug-likeness (QED) is 0.634. The minimum absolute atomic E-state index is 0.0369. The lowest BCUT2D eigenvalue weighted by atomic mass is 10.1. The number of hydrogen-bond donors (Lipinski definition) is 2. The molecule has 0 aliphatic carbocycles.